The molecule has 0 heterocycles. The van der Waals surface area contributed by atoms with Gasteiger partial charge in [-0.2, -0.15) is 0 Å². The molecule has 12 heavy (non-hydrogen) atoms. The van der Waals surface area contributed by atoms with Crippen molar-refractivity contribution in [3.63, 3.8) is 0 Å². The molecule has 0 saturated carbocycles. The average Bonchev–Trinajstić information content (AvgIpc) is 2.11. The van der Waals surface area contributed by atoms with Gasteiger partial charge in [-0.05, 0) is 0 Å². The molecule has 0 bridgehead atoms. The van der Waals surface area contributed by atoms with Gasteiger partial charge in [-0.3, -0.25) is 0 Å². The Morgan fingerprint density at radius 1 is 1.75 bits per heavy atom. The third-order valence-electron chi connectivity index (χ3n) is 1.58. The number of hydrogen-bond donors (Lipinski definition) is 2. The van der Waals surface area contributed by atoms with Crippen LogP contribution in [-0.4, -0.2) is 30.5 Å². The van der Waals surface area contributed by atoms with Gasteiger partial charge in [-0.15, -0.1) is 0 Å². The second-order valence-electron chi connectivity index (χ2n) is 2.54. The third kappa shape index (κ3) is 4.22. The van der Waals surface area contributed by atoms with Gasteiger partial charge in [0.2, 0.25) is 0 Å². The Morgan fingerprint density at radius 2 is 2.33 bits per heavy atom. The molecular weight excluding hydrogens is 271 g/mol. The van der Waals surface area contributed by atoms with Gasteiger partial charge in [0.25, 0.3) is 0 Å². The van der Waals surface area contributed by atoms with E-state index in [1.165, 1.54) is 0 Å². The van der Waals surface area contributed by atoms with E-state index in [-0.39, 0.29) is 33.4 Å². The van der Waals surface area contributed by atoms with Gasteiger partial charge in [-0.1, -0.05) is 0 Å². The first kappa shape index (κ1) is 12.1. The Balaban J connectivity index is 3.75. The van der Waals surface area contributed by atoms with Crippen molar-refractivity contribution in [2.75, 3.05) is 18.6 Å². The minimum atomic E-state index is -0.398. The number of likely N-dealkylation sites (N-methyl/N-ethyl adjacent to an activating group) is 1. The van der Waals surface area contributed by atoms with Gasteiger partial charge >= 0.3 is 83.9 Å². The zero-order valence-corrected chi connectivity index (χ0v) is 9.79. The molecule has 3 N–H and O–H groups in total. The molecule has 0 spiro atoms. The summed E-state index contributed by atoms with van der Waals surface area (Å²) in [5.41, 5.74) is 5.66. The molecule has 0 aromatic carbocycles. The van der Waals surface area contributed by atoms with Crippen molar-refractivity contribution in [1.29, 1.82) is 0 Å². The van der Waals surface area contributed by atoms with Gasteiger partial charge < -0.3 is 0 Å². The van der Waals surface area contributed by atoms with Gasteiger partial charge in [0.1, 0.15) is 0 Å². The first-order valence-electron chi connectivity index (χ1n) is 3.72. The van der Waals surface area contributed by atoms with E-state index in [0.717, 1.165) is 4.43 Å². The van der Waals surface area contributed by atoms with Crippen LogP contribution in [0.3, 0.4) is 0 Å². The van der Waals surface area contributed by atoms with E-state index in [2.05, 4.69) is 5.32 Å². The molecule has 74 valence electrons. The number of nitrogens with one attached hydrogen (secondary N) is 1. The second-order valence-corrected chi connectivity index (χ2v) is 4.92. The van der Waals surface area contributed by atoms with Crippen molar-refractivity contribution in [1.82, 2.24) is 5.32 Å². The standard InChI is InChI=1S/C7H16IN2O2/c1-5(4-8-12-3)6(9)7(11)10-2/h5-6H,4,9H2,1-3H3,(H,10,11)/q-1. The molecule has 5 heteroatoms. The quantitative estimate of drug-likeness (QED) is 0.405. The summed E-state index contributed by atoms with van der Waals surface area (Å²) in [6.45, 7) is 1.97. The second kappa shape index (κ2) is 6.62. The Bertz CT molecular complexity index is 143. The van der Waals surface area contributed by atoms with Crippen molar-refractivity contribution < 1.29 is 29.5 Å². The van der Waals surface area contributed by atoms with E-state index < -0.39 is 6.04 Å². The van der Waals surface area contributed by atoms with Gasteiger partial charge in [0.15, 0.2) is 0 Å². The summed E-state index contributed by atoms with van der Waals surface area (Å²) in [4.78, 5) is 11.1. The van der Waals surface area contributed by atoms with Crippen molar-refractivity contribution in [2.45, 2.75) is 13.0 Å². The summed E-state index contributed by atoms with van der Waals surface area (Å²) in [6.07, 6.45) is 0. The molecule has 0 radical (unpaired) electrons. The molecular formula is C7H16IN2O2-. The molecule has 0 aromatic rings. The molecule has 0 aromatic heterocycles. The summed E-state index contributed by atoms with van der Waals surface area (Å²) < 4.78 is 5.92. The van der Waals surface area contributed by atoms with Crippen LogP contribution in [-0.2, 0) is 7.86 Å². The van der Waals surface area contributed by atoms with Crippen molar-refractivity contribution in [3.8, 4) is 0 Å². The zero-order valence-electron chi connectivity index (χ0n) is 7.63. The van der Waals surface area contributed by atoms with Gasteiger partial charge in [0, 0.05) is 0 Å². The van der Waals surface area contributed by atoms with Crippen LogP contribution in [0.15, 0.2) is 0 Å². The van der Waals surface area contributed by atoms with Crippen molar-refractivity contribution in [3.05, 3.63) is 0 Å². The Kier molecular flexibility index (Phi) is 6.68. The molecule has 0 rings (SSSR count). The van der Waals surface area contributed by atoms with Crippen molar-refractivity contribution in [2.24, 2.45) is 11.7 Å². The predicted molar refractivity (Wildman–Crippen MR) is 43.1 cm³/mol. The normalized spacial score (nSPS) is 15.7. The molecule has 4 nitrogen and oxygen atoms in total. The number of hydrogen-bond acceptors (Lipinski definition) is 3. The number of alkyl halides is 1. The first-order valence-corrected chi connectivity index (χ1v) is 6.13. The maximum absolute atomic E-state index is 11.1. The number of amides is 1. The minimum absolute atomic E-state index is 0.0948. The SMILES string of the molecule is CNC(=O)C(N)C(C)C[I-]OC. The van der Waals surface area contributed by atoms with Crippen LogP contribution in [0.25, 0.3) is 0 Å². The molecule has 0 aliphatic heterocycles. The molecule has 0 aliphatic rings. The average molecular weight is 287 g/mol. The third-order valence-corrected chi connectivity index (χ3v) is 3.95. The number of halogens is 1. The Labute approximate surface area is 84.0 Å². The maximum atomic E-state index is 11.1. The van der Waals surface area contributed by atoms with Crippen LogP contribution in [0.1, 0.15) is 6.92 Å². The van der Waals surface area contributed by atoms with E-state index in [9.17, 15) is 4.79 Å². The molecule has 2 unspecified atom stereocenters. The molecule has 0 fully saturated rings. The summed E-state index contributed by atoms with van der Waals surface area (Å²) in [5, 5.41) is 2.53. The monoisotopic (exact) mass is 287 g/mol. The van der Waals surface area contributed by atoms with Crippen LogP contribution in [0.2, 0.25) is 0 Å². The topological polar surface area (TPSA) is 64.4 Å². The van der Waals surface area contributed by atoms with E-state index in [4.69, 9.17) is 8.80 Å². The Hall–Kier alpha value is 0.120. The predicted octanol–water partition coefficient (Wildman–Crippen LogP) is -3.65. The summed E-state index contributed by atoms with van der Waals surface area (Å²) in [6, 6.07) is -0.398. The van der Waals surface area contributed by atoms with E-state index in [0.29, 0.717) is 0 Å². The van der Waals surface area contributed by atoms with Crippen LogP contribution >= 0.6 is 0 Å². The Morgan fingerprint density at radius 3 is 2.75 bits per heavy atom. The molecule has 2 atom stereocenters. The zero-order chi connectivity index (χ0) is 9.56. The molecule has 1 amide bonds. The fourth-order valence-corrected chi connectivity index (χ4v) is 2.16. The molecule has 0 saturated heterocycles. The number of nitrogens with two attached hydrogens (primary N) is 1. The van der Waals surface area contributed by atoms with Crippen LogP contribution in [0, 0.1) is 5.92 Å². The number of rotatable bonds is 5. The van der Waals surface area contributed by atoms with Gasteiger partial charge in [0.05, 0.1) is 0 Å². The summed E-state index contributed by atoms with van der Waals surface area (Å²) >= 11 is -0.237. The fourth-order valence-electron chi connectivity index (χ4n) is 0.683. The van der Waals surface area contributed by atoms with Crippen LogP contribution in [0.5, 0.6) is 0 Å². The van der Waals surface area contributed by atoms with Crippen molar-refractivity contribution >= 4 is 5.91 Å². The van der Waals surface area contributed by atoms with Crippen LogP contribution < -0.4 is 32.7 Å². The summed E-state index contributed by atoms with van der Waals surface area (Å²) in [7, 11) is 3.28. The van der Waals surface area contributed by atoms with E-state index in [1.54, 1.807) is 14.2 Å². The first-order chi connectivity index (χ1) is 5.63. The summed E-state index contributed by atoms with van der Waals surface area (Å²) in [5.74, 6) is 0.111. The van der Waals surface area contributed by atoms with E-state index >= 15 is 0 Å². The number of carbonyl (C=O) groups is 1. The fraction of sp³-hybridized carbons (Fsp3) is 0.857. The van der Waals surface area contributed by atoms with Gasteiger partial charge in [-0.25, -0.2) is 0 Å². The van der Waals surface area contributed by atoms with Crippen LogP contribution in [0.4, 0.5) is 0 Å². The molecule has 0 aliphatic carbocycles. The number of carbonyl (C=O) groups excluding carboxylic acids is 1. The van der Waals surface area contributed by atoms with E-state index in [1.807, 2.05) is 6.92 Å².